The van der Waals surface area contributed by atoms with Crippen LogP contribution in [0.2, 0.25) is 0 Å². The van der Waals surface area contributed by atoms with Gasteiger partial charge in [-0.3, -0.25) is 9.59 Å². The molecular weight excluding hydrogens is 370 g/mol. The van der Waals surface area contributed by atoms with E-state index in [2.05, 4.69) is 0 Å². The van der Waals surface area contributed by atoms with Crippen LogP contribution in [0.5, 0.6) is 0 Å². The number of piperidine rings is 1. The van der Waals surface area contributed by atoms with Crippen molar-refractivity contribution in [2.75, 3.05) is 20.2 Å². The molecule has 1 aliphatic heterocycles. The maximum atomic E-state index is 13.4. The summed E-state index contributed by atoms with van der Waals surface area (Å²) in [6.07, 6.45) is 1.50. The van der Waals surface area contributed by atoms with Crippen LogP contribution in [0.1, 0.15) is 54.9 Å². The first-order chi connectivity index (χ1) is 13.7. The number of hydrogen-bond donors (Lipinski definition) is 0. The van der Waals surface area contributed by atoms with Gasteiger partial charge in [0.15, 0.2) is 5.78 Å². The Morgan fingerprint density at radius 2 is 1.62 bits per heavy atom. The number of Topliss-reactive ketones (excluding diaryl/α,β-unsaturated/α-hetero) is 1. The molecule has 1 aromatic rings. The minimum Gasteiger partial charge on any atom is -0.437 e. The van der Waals surface area contributed by atoms with Gasteiger partial charge in [-0.2, -0.15) is 0 Å². The van der Waals surface area contributed by atoms with Crippen molar-refractivity contribution in [2.45, 2.75) is 53.4 Å². The molecule has 1 saturated heterocycles. The van der Waals surface area contributed by atoms with E-state index in [1.54, 1.807) is 6.92 Å². The summed E-state index contributed by atoms with van der Waals surface area (Å²) >= 11 is 0. The minimum absolute atomic E-state index is 0.0125. The molecule has 0 aromatic heterocycles. The largest absolute Gasteiger partial charge is 0.513 e. The van der Waals surface area contributed by atoms with Crippen LogP contribution in [0.4, 0.5) is 4.79 Å². The van der Waals surface area contributed by atoms with Crippen LogP contribution in [0.15, 0.2) is 17.9 Å². The van der Waals surface area contributed by atoms with Gasteiger partial charge >= 0.3 is 6.16 Å². The number of nitrogens with zero attached hydrogens (tertiary/aromatic N) is 1. The Balaban J connectivity index is 2.04. The van der Waals surface area contributed by atoms with Gasteiger partial charge in [0.2, 0.25) is 5.91 Å². The third-order valence-electron chi connectivity index (χ3n) is 6.20. The van der Waals surface area contributed by atoms with Crippen LogP contribution < -0.4 is 0 Å². The van der Waals surface area contributed by atoms with Crippen molar-refractivity contribution in [1.29, 1.82) is 0 Å². The molecule has 6 heteroatoms. The number of rotatable bonds is 2. The zero-order chi connectivity index (χ0) is 21.3. The molecule has 0 saturated carbocycles. The summed E-state index contributed by atoms with van der Waals surface area (Å²) in [6, 6.07) is 4.07. The number of hydrogen-bond acceptors (Lipinski definition) is 5. The highest BCUT2D eigenvalue weighted by Gasteiger charge is 2.44. The van der Waals surface area contributed by atoms with E-state index in [-0.39, 0.29) is 17.1 Å². The average molecular weight is 399 g/mol. The Labute approximate surface area is 171 Å². The molecule has 1 aromatic carbocycles. The zero-order valence-electron chi connectivity index (χ0n) is 17.9. The lowest BCUT2D eigenvalue weighted by atomic mass is 9.66. The molecule has 1 heterocycles. The molecule has 1 amide bonds. The summed E-state index contributed by atoms with van der Waals surface area (Å²) in [4.78, 5) is 38.8. The quantitative estimate of drug-likeness (QED) is 0.700. The first kappa shape index (κ1) is 21.1. The van der Waals surface area contributed by atoms with E-state index in [0.717, 1.165) is 22.3 Å². The molecule has 0 bridgehead atoms. The van der Waals surface area contributed by atoms with Crippen molar-refractivity contribution in [1.82, 2.24) is 4.90 Å². The number of likely N-dealkylation sites (tertiary alicyclic amines) is 1. The lowest BCUT2D eigenvalue weighted by Crippen LogP contribution is -2.45. The maximum Gasteiger partial charge on any atom is 0.513 e. The second-order valence-electron chi connectivity index (χ2n) is 8.41. The van der Waals surface area contributed by atoms with E-state index in [9.17, 15) is 14.4 Å². The molecule has 1 aliphatic carbocycles. The first-order valence-corrected chi connectivity index (χ1v) is 10.0. The Kier molecular flexibility index (Phi) is 5.82. The molecule has 0 unspecified atom stereocenters. The maximum absolute atomic E-state index is 13.4. The molecule has 2 aliphatic rings. The van der Waals surface area contributed by atoms with Crippen molar-refractivity contribution in [3.63, 3.8) is 0 Å². The van der Waals surface area contributed by atoms with E-state index in [4.69, 9.17) is 9.47 Å². The van der Waals surface area contributed by atoms with Gasteiger partial charge in [-0.15, -0.1) is 0 Å². The highest BCUT2D eigenvalue weighted by Crippen LogP contribution is 2.48. The van der Waals surface area contributed by atoms with Crippen molar-refractivity contribution < 1.29 is 23.9 Å². The monoisotopic (exact) mass is 399 g/mol. The fraction of sp³-hybridized carbons (Fsp3) is 0.522. The molecular formula is C23H29NO5. The number of methoxy groups -OCH3 is 1. The molecule has 6 nitrogen and oxygen atoms in total. The lowest BCUT2D eigenvalue weighted by molar-refractivity contribution is -0.131. The highest BCUT2D eigenvalue weighted by molar-refractivity contribution is 6.23. The third-order valence-corrected chi connectivity index (χ3v) is 6.20. The van der Waals surface area contributed by atoms with Crippen LogP contribution in [0.25, 0.3) is 5.57 Å². The smallest absolute Gasteiger partial charge is 0.437 e. The second kappa shape index (κ2) is 8.01. The summed E-state index contributed by atoms with van der Waals surface area (Å²) in [7, 11) is 1.26. The number of benzene rings is 1. The first-order valence-electron chi connectivity index (χ1n) is 10.0. The predicted molar refractivity (Wildman–Crippen MR) is 109 cm³/mol. The highest BCUT2D eigenvalue weighted by atomic mass is 16.7. The molecule has 0 atom stereocenters. The van der Waals surface area contributed by atoms with E-state index in [1.807, 2.05) is 37.8 Å². The number of ketones is 1. The van der Waals surface area contributed by atoms with Crippen molar-refractivity contribution in [3.8, 4) is 0 Å². The summed E-state index contributed by atoms with van der Waals surface area (Å²) in [5.41, 5.74) is 4.14. The molecule has 3 rings (SSSR count). The number of carbonyl (C=O) groups is 3. The van der Waals surface area contributed by atoms with E-state index in [1.165, 1.54) is 7.11 Å². The summed E-state index contributed by atoms with van der Waals surface area (Å²) in [5, 5.41) is 0. The molecule has 1 fully saturated rings. The molecule has 0 N–H and O–H groups in total. The van der Waals surface area contributed by atoms with Gasteiger partial charge in [0.05, 0.1) is 12.7 Å². The predicted octanol–water partition coefficient (Wildman–Crippen LogP) is 4.10. The van der Waals surface area contributed by atoms with Gasteiger partial charge in [-0.25, -0.2) is 4.79 Å². The Bertz CT molecular complexity index is 868. The number of ether oxygens (including phenoxy) is 2. The molecule has 0 radical (unpaired) electrons. The molecule has 1 spiro atoms. The fourth-order valence-electron chi connectivity index (χ4n) is 4.81. The van der Waals surface area contributed by atoms with Gasteiger partial charge in [0.25, 0.3) is 0 Å². The fourth-order valence-corrected chi connectivity index (χ4v) is 4.81. The van der Waals surface area contributed by atoms with E-state index < -0.39 is 6.16 Å². The van der Waals surface area contributed by atoms with Crippen LogP contribution in [0.3, 0.4) is 0 Å². The summed E-state index contributed by atoms with van der Waals surface area (Å²) < 4.78 is 10.3. The molecule has 156 valence electrons. The van der Waals surface area contributed by atoms with Crippen molar-refractivity contribution >= 4 is 23.4 Å². The SMILES string of the molecule is COC(=O)OC1=C(c2c(C)cc(C)cc2C)C(=O)CC2(CCN(C(C)=O)CC2)C1. The van der Waals surface area contributed by atoms with E-state index >= 15 is 0 Å². The number of carbonyl (C=O) groups excluding carboxylic acids is 3. The standard InChI is InChI=1S/C23H29NO5/c1-14-10-15(2)20(16(3)11-14)21-18(26)12-23(13-19(21)29-22(27)28-5)6-8-24(9-7-23)17(4)25/h10-11H,6-9,12-13H2,1-5H3. The van der Waals surface area contributed by atoms with Gasteiger partial charge < -0.3 is 14.4 Å². The summed E-state index contributed by atoms with van der Waals surface area (Å²) in [6.45, 7) is 8.77. The van der Waals surface area contributed by atoms with Crippen molar-refractivity contribution in [2.24, 2.45) is 5.41 Å². The van der Waals surface area contributed by atoms with Crippen molar-refractivity contribution in [3.05, 3.63) is 40.1 Å². The van der Waals surface area contributed by atoms with Gasteiger partial charge in [0.1, 0.15) is 5.76 Å². The van der Waals surface area contributed by atoms with E-state index in [0.29, 0.717) is 50.1 Å². The number of amides is 1. The van der Waals surface area contributed by atoms with Gasteiger partial charge in [-0.05, 0) is 55.7 Å². The zero-order valence-corrected chi connectivity index (χ0v) is 17.9. The number of allylic oxidation sites excluding steroid dienone is 2. The lowest BCUT2D eigenvalue weighted by Gasteiger charge is -2.44. The van der Waals surface area contributed by atoms with Gasteiger partial charge in [0, 0.05) is 32.9 Å². The Morgan fingerprint density at radius 1 is 1.03 bits per heavy atom. The second-order valence-corrected chi connectivity index (χ2v) is 8.41. The van der Waals surface area contributed by atoms with Crippen LogP contribution in [0, 0.1) is 26.2 Å². The Morgan fingerprint density at radius 3 is 2.14 bits per heavy atom. The molecule has 29 heavy (non-hydrogen) atoms. The van der Waals surface area contributed by atoms with Gasteiger partial charge in [-0.1, -0.05) is 17.7 Å². The summed E-state index contributed by atoms with van der Waals surface area (Å²) in [5.74, 6) is 0.427. The third kappa shape index (κ3) is 4.21. The average Bonchev–Trinajstić information content (AvgIpc) is 2.63. The van der Waals surface area contributed by atoms with Crippen LogP contribution in [-0.2, 0) is 19.1 Å². The Hall–Kier alpha value is -2.63. The van der Waals surface area contributed by atoms with Crippen LogP contribution >= 0.6 is 0 Å². The minimum atomic E-state index is -0.814. The number of aryl methyl sites for hydroxylation is 3. The normalized spacial score (nSPS) is 18.8. The topological polar surface area (TPSA) is 72.9 Å². The van der Waals surface area contributed by atoms with Crippen LogP contribution in [-0.4, -0.2) is 42.9 Å².